The third kappa shape index (κ3) is 12.3. The van der Waals surface area contributed by atoms with E-state index in [1.54, 1.807) is 0 Å². The van der Waals surface area contributed by atoms with Crippen LogP contribution < -0.4 is 0 Å². The normalized spacial score (nSPS) is 11.8. The number of hydrogen-bond donors (Lipinski definition) is 0. The third-order valence-corrected chi connectivity index (χ3v) is 2.43. The summed E-state index contributed by atoms with van der Waals surface area (Å²) in [6, 6.07) is 0. The fourth-order valence-electron chi connectivity index (χ4n) is 1.33. The monoisotopic (exact) mass is 258 g/mol. The van der Waals surface area contributed by atoms with Gasteiger partial charge >= 0.3 is 5.97 Å². The van der Waals surface area contributed by atoms with Gasteiger partial charge in [-0.3, -0.25) is 4.79 Å². The molecule has 102 valence electrons. The van der Waals surface area contributed by atoms with Gasteiger partial charge in [-0.1, -0.05) is 37.0 Å². The molecule has 0 heterocycles. The average molecular weight is 258 g/mol. The molecule has 0 amide bonds. The minimum atomic E-state index is -0.154. The summed E-state index contributed by atoms with van der Waals surface area (Å²) in [6.07, 6.45) is 16.8. The van der Waals surface area contributed by atoms with E-state index in [9.17, 15) is 4.79 Å². The first-order valence-corrected chi connectivity index (χ1v) is 6.52. The standard InChI is InChI=1S/C17H22O2/c1-4-13-16(2)14-11-9-7-5-6-8-10-12-15-17(18)19-3/h1,7,9,11,14,16H,8,10,12-13,15H2,2-3H3/b9-7+,14-11+/t16-/m1/s1. The van der Waals surface area contributed by atoms with Gasteiger partial charge in [0.2, 0.25) is 0 Å². The topological polar surface area (TPSA) is 26.3 Å². The lowest BCUT2D eigenvalue weighted by atomic mass is 10.1. The number of terminal acetylenes is 1. The van der Waals surface area contributed by atoms with Crippen LogP contribution in [0.25, 0.3) is 0 Å². The molecule has 0 aliphatic heterocycles. The lowest BCUT2D eigenvalue weighted by molar-refractivity contribution is -0.140. The summed E-state index contributed by atoms with van der Waals surface area (Å²) in [5, 5.41) is 0. The van der Waals surface area contributed by atoms with Crippen molar-refractivity contribution in [2.75, 3.05) is 7.11 Å². The van der Waals surface area contributed by atoms with Gasteiger partial charge < -0.3 is 4.74 Å². The van der Waals surface area contributed by atoms with E-state index in [1.165, 1.54) is 7.11 Å². The van der Waals surface area contributed by atoms with Crippen LogP contribution in [0.2, 0.25) is 0 Å². The summed E-state index contributed by atoms with van der Waals surface area (Å²) in [6.45, 7) is 2.08. The molecule has 0 aromatic heterocycles. The Bertz CT molecular complexity index is 399. The molecule has 0 spiro atoms. The molecule has 0 bridgehead atoms. The van der Waals surface area contributed by atoms with E-state index in [0.29, 0.717) is 12.3 Å². The summed E-state index contributed by atoms with van der Waals surface area (Å²) in [4.78, 5) is 10.8. The van der Waals surface area contributed by atoms with Gasteiger partial charge in [0.05, 0.1) is 7.11 Å². The van der Waals surface area contributed by atoms with Gasteiger partial charge in [0.1, 0.15) is 0 Å². The van der Waals surface area contributed by atoms with E-state index >= 15 is 0 Å². The highest BCUT2D eigenvalue weighted by Gasteiger charge is 1.97. The average Bonchev–Trinajstić information content (AvgIpc) is 2.40. The quantitative estimate of drug-likeness (QED) is 0.302. The molecule has 0 rings (SSSR count). The summed E-state index contributed by atoms with van der Waals surface area (Å²) >= 11 is 0. The Kier molecular flexibility index (Phi) is 11.3. The number of carbonyl (C=O) groups excluding carboxylic acids is 1. The maximum absolute atomic E-state index is 10.8. The molecule has 0 aromatic rings. The van der Waals surface area contributed by atoms with Crippen molar-refractivity contribution >= 4 is 5.97 Å². The van der Waals surface area contributed by atoms with Gasteiger partial charge in [-0.2, -0.15) is 0 Å². The number of esters is 1. The van der Waals surface area contributed by atoms with E-state index in [4.69, 9.17) is 6.42 Å². The van der Waals surface area contributed by atoms with Crippen molar-refractivity contribution in [3.8, 4) is 24.2 Å². The highest BCUT2D eigenvalue weighted by atomic mass is 16.5. The molecular formula is C17H22O2. The Morgan fingerprint density at radius 1 is 1.37 bits per heavy atom. The number of allylic oxidation sites excluding steroid dienone is 4. The SMILES string of the molecule is C#CC[C@@H](C)/C=C/C=C/C#CCCCCC(=O)OC. The Morgan fingerprint density at radius 3 is 2.84 bits per heavy atom. The molecule has 1 atom stereocenters. The van der Waals surface area contributed by atoms with Gasteiger partial charge in [0.25, 0.3) is 0 Å². The second kappa shape index (κ2) is 12.5. The van der Waals surface area contributed by atoms with Crippen LogP contribution in [0.15, 0.2) is 24.3 Å². The largest absolute Gasteiger partial charge is 0.469 e. The van der Waals surface area contributed by atoms with Crippen LogP contribution in [0.4, 0.5) is 0 Å². The second-order valence-corrected chi connectivity index (χ2v) is 4.23. The zero-order valence-corrected chi connectivity index (χ0v) is 11.8. The lowest BCUT2D eigenvalue weighted by Crippen LogP contribution is -1.98. The van der Waals surface area contributed by atoms with Crippen LogP contribution in [0.5, 0.6) is 0 Å². The summed E-state index contributed by atoms with van der Waals surface area (Å²) in [5.41, 5.74) is 0. The minimum absolute atomic E-state index is 0.154. The van der Waals surface area contributed by atoms with Gasteiger partial charge in [0, 0.05) is 19.3 Å². The van der Waals surface area contributed by atoms with Crippen molar-refractivity contribution in [1.29, 1.82) is 0 Å². The summed E-state index contributed by atoms with van der Waals surface area (Å²) in [7, 11) is 1.41. The molecule has 0 radical (unpaired) electrons. The van der Waals surface area contributed by atoms with Gasteiger partial charge in [0.15, 0.2) is 0 Å². The molecule has 0 aromatic carbocycles. The summed E-state index contributed by atoms with van der Waals surface area (Å²) in [5.74, 6) is 8.86. The molecule has 0 fully saturated rings. The zero-order valence-electron chi connectivity index (χ0n) is 11.8. The first kappa shape index (κ1) is 17.1. The smallest absolute Gasteiger partial charge is 0.305 e. The summed E-state index contributed by atoms with van der Waals surface area (Å²) < 4.78 is 4.55. The van der Waals surface area contributed by atoms with E-state index in [-0.39, 0.29) is 5.97 Å². The van der Waals surface area contributed by atoms with Crippen LogP contribution in [-0.2, 0) is 9.53 Å². The predicted octanol–water partition coefficient (Wildman–Crippen LogP) is 3.50. The van der Waals surface area contributed by atoms with Crippen LogP contribution in [-0.4, -0.2) is 13.1 Å². The highest BCUT2D eigenvalue weighted by Crippen LogP contribution is 2.01. The van der Waals surface area contributed by atoms with E-state index < -0.39 is 0 Å². The number of ether oxygens (including phenoxy) is 1. The minimum Gasteiger partial charge on any atom is -0.469 e. The zero-order chi connectivity index (χ0) is 14.3. The predicted molar refractivity (Wildman–Crippen MR) is 79.2 cm³/mol. The maximum Gasteiger partial charge on any atom is 0.305 e. The molecule has 19 heavy (non-hydrogen) atoms. The van der Waals surface area contributed by atoms with E-state index in [1.807, 2.05) is 18.2 Å². The van der Waals surface area contributed by atoms with Crippen LogP contribution >= 0.6 is 0 Å². The molecular weight excluding hydrogens is 236 g/mol. The molecule has 0 aliphatic rings. The number of hydrogen-bond acceptors (Lipinski definition) is 2. The molecule has 0 saturated heterocycles. The van der Waals surface area contributed by atoms with E-state index in [0.717, 1.165) is 25.7 Å². The van der Waals surface area contributed by atoms with Gasteiger partial charge in [-0.25, -0.2) is 0 Å². The fourth-order valence-corrected chi connectivity index (χ4v) is 1.33. The van der Waals surface area contributed by atoms with E-state index in [2.05, 4.69) is 35.5 Å². The first-order valence-electron chi connectivity index (χ1n) is 6.52. The molecule has 0 N–H and O–H groups in total. The van der Waals surface area contributed by atoms with Gasteiger partial charge in [-0.05, 0) is 24.8 Å². The highest BCUT2D eigenvalue weighted by molar-refractivity contribution is 5.68. The molecule has 2 heteroatoms. The number of carbonyl (C=O) groups is 1. The van der Waals surface area contributed by atoms with Crippen molar-refractivity contribution in [1.82, 2.24) is 0 Å². The molecule has 0 unspecified atom stereocenters. The Labute approximate surface area is 116 Å². The first-order chi connectivity index (χ1) is 9.20. The van der Waals surface area contributed by atoms with Crippen molar-refractivity contribution in [3.05, 3.63) is 24.3 Å². The van der Waals surface area contributed by atoms with Crippen molar-refractivity contribution in [3.63, 3.8) is 0 Å². The maximum atomic E-state index is 10.8. The molecule has 0 saturated carbocycles. The van der Waals surface area contributed by atoms with Crippen molar-refractivity contribution < 1.29 is 9.53 Å². The number of unbranched alkanes of at least 4 members (excludes halogenated alkanes) is 2. The second-order valence-electron chi connectivity index (χ2n) is 4.23. The number of rotatable bonds is 7. The van der Waals surface area contributed by atoms with Gasteiger partial charge in [-0.15, -0.1) is 12.3 Å². The fraction of sp³-hybridized carbons (Fsp3) is 0.471. The van der Waals surface area contributed by atoms with Crippen LogP contribution in [0.1, 0.15) is 39.0 Å². The Hall–Kier alpha value is -1.93. The van der Waals surface area contributed by atoms with Crippen LogP contribution in [0.3, 0.4) is 0 Å². The third-order valence-electron chi connectivity index (χ3n) is 2.43. The van der Waals surface area contributed by atoms with Crippen molar-refractivity contribution in [2.45, 2.75) is 39.0 Å². The lowest BCUT2D eigenvalue weighted by Gasteiger charge is -1.96. The Morgan fingerprint density at radius 2 is 2.16 bits per heavy atom. The Balaban J connectivity index is 3.64. The van der Waals surface area contributed by atoms with Crippen molar-refractivity contribution in [2.24, 2.45) is 5.92 Å². The van der Waals surface area contributed by atoms with Crippen LogP contribution in [0, 0.1) is 30.1 Å². The molecule has 2 nitrogen and oxygen atoms in total. The number of methoxy groups -OCH3 is 1. The molecule has 0 aliphatic carbocycles.